The van der Waals surface area contributed by atoms with Crippen molar-refractivity contribution in [1.29, 1.82) is 0 Å². The van der Waals surface area contributed by atoms with E-state index in [2.05, 4.69) is 0 Å². The van der Waals surface area contributed by atoms with E-state index in [0.717, 1.165) is 19.3 Å². The highest BCUT2D eigenvalue weighted by molar-refractivity contribution is 6.31. The first-order chi connectivity index (χ1) is 10.1. The predicted molar refractivity (Wildman–Crippen MR) is 86.0 cm³/mol. The maximum atomic E-state index is 14.0. The molecule has 122 valence electrons. The lowest BCUT2D eigenvalue weighted by atomic mass is 9.84. The standard InChI is InChI=1S/C16H19ClFNO2.ClH/c17-12-5-3-6-13(18)11(12)9-19-14-7-2-1-4-10(14)8-15(19)16(20)21;/h3,5-6,10,14-15H,1-2,4,7-9H2,(H,20,21);1H. The molecule has 0 amide bonds. The molecule has 3 atom stereocenters. The minimum Gasteiger partial charge on any atom is -0.480 e. The highest BCUT2D eigenvalue weighted by Gasteiger charge is 2.45. The highest BCUT2D eigenvalue weighted by atomic mass is 35.5. The Kier molecular flexibility index (Phi) is 5.70. The van der Waals surface area contributed by atoms with Crippen LogP contribution in [0.4, 0.5) is 4.39 Å². The Balaban J connectivity index is 0.00000176. The molecule has 1 aliphatic carbocycles. The number of benzene rings is 1. The summed E-state index contributed by atoms with van der Waals surface area (Å²) in [4.78, 5) is 13.5. The minimum absolute atomic E-state index is 0. The molecule has 2 fully saturated rings. The third kappa shape index (κ3) is 3.24. The molecule has 1 saturated heterocycles. The number of carboxylic acid groups (broad SMARTS) is 1. The lowest BCUT2D eigenvalue weighted by molar-refractivity contribution is -0.142. The van der Waals surface area contributed by atoms with Crippen molar-refractivity contribution in [3.8, 4) is 0 Å². The van der Waals surface area contributed by atoms with Crippen LogP contribution in [0.15, 0.2) is 18.2 Å². The Hall–Kier alpha value is -0.840. The van der Waals surface area contributed by atoms with E-state index in [4.69, 9.17) is 11.6 Å². The van der Waals surface area contributed by atoms with Crippen LogP contribution >= 0.6 is 24.0 Å². The largest absolute Gasteiger partial charge is 0.480 e. The summed E-state index contributed by atoms with van der Waals surface area (Å²) >= 11 is 6.10. The molecular weight excluding hydrogens is 328 g/mol. The molecule has 0 spiro atoms. The van der Waals surface area contributed by atoms with Gasteiger partial charge in [0.25, 0.3) is 0 Å². The van der Waals surface area contributed by atoms with Gasteiger partial charge >= 0.3 is 5.97 Å². The van der Waals surface area contributed by atoms with Gasteiger partial charge in [-0.25, -0.2) is 4.39 Å². The lowest BCUT2D eigenvalue weighted by Gasteiger charge is -2.33. The smallest absolute Gasteiger partial charge is 0.320 e. The van der Waals surface area contributed by atoms with E-state index in [9.17, 15) is 14.3 Å². The third-order valence-corrected chi connectivity index (χ3v) is 5.26. The number of hydrogen-bond acceptors (Lipinski definition) is 2. The van der Waals surface area contributed by atoms with Crippen molar-refractivity contribution >= 4 is 30.0 Å². The van der Waals surface area contributed by atoms with Crippen molar-refractivity contribution in [2.24, 2.45) is 5.92 Å². The van der Waals surface area contributed by atoms with Gasteiger partial charge in [0.15, 0.2) is 0 Å². The Morgan fingerprint density at radius 1 is 1.36 bits per heavy atom. The van der Waals surface area contributed by atoms with Gasteiger partial charge in [-0.1, -0.05) is 30.5 Å². The zero-order chi connectivity index (χ0) is 15.0. The molecule has 22 heavy (non-hydrogen) atoms. The van der Waals surface area contributed by atoms with E-state index >= 15 is 0 Å². The summed E-state index contributed by atoms with van der Waals surface area (Å²) in [5.41, 5.74) is 0.414. The average Bonchev–Trinajstić information content (AvgIpc) is 2.82. The van der Waals surface area contributed by atoms with E-state index in [1.165, 1.54) is 12.5 Å². The molecule has 1 saturated carbocycles. The maximum Gasteiger partial charge on any atom is 0.320 e. The summed E-state index contributed by atoms with van der Waals surface area (Å²) in [7, 11) is 0. The molecule has 0 bridgehead atoms. The van der Waals surface area contributed by atoms with Crippen LogP contribution in [0.1, 0.15) is 37.7 Å². The number of carboxylic acids is 1. The van der Waals surface area contributed by atoms with Gasteiger partial charge in [0.1, 0.15) is 11.9 Å². The molecule has 3 nitrogen and oxygen atoms in total. The van der Waals surface area contributed by atoms with Gasteiger partial charge in [-0.05, 0) is 37.3 Å². The fourth-order valence-corrected chi connectivity index (χ4v) is 4.11. The van der Waals surface area contributed by atoms with Gasteiger partial charge in [-0.3, -0.25) is 9.69 Å². The van der Waals surface area contributed by atoms with E-state index in [1.807, 2.05) is 4.90 Å². The van der Waals surface area contributed by atoms with Crippen LogP contribution in [0.2, 0.25) is 5.02 Å². The van der Waals surface area contributed by atoms with Gasteiger partial charge in [-0.2, -0.15) is 0 Å². The van der Waals surface area contributed by atoms with Gasteiger partial charge in [-0.15, -0.1) is 12.4 Å². The van der Waals surface area contributed by atoms with Crippen LogP contribution in [0.3, 0.4) is 0 Å². The second-order valence-electron chi connectivity index (χ2n) is 6.07. The zero-order valence-corrected chi connectivity index (χ0v) is 13.7. The maximum absolute atomic E-state index is 14.0. The molecule has 2 aliphatic rings. The quantitative estimate of drug-likeness (QED) is 0.893. The molecule has 0 aromatic heterocycles. The number of carbonyl (C=O) groups is 1. The average molecular weight is 348 g/mol. The first-order valence-corrected chi connectivity index (χ1v) is 7.87. The summed E-state index contributed by atoms with van der Waals surface area (Å²) in [5, 5.41) is 9.85. The number of rotatable bonds is 3. The SMILES string of the molecule is Cl.O=C(O)C1CC2CCCCC2N1Cc1c(F)cccc1Cl. The van der Waals surface area contributed by atoms with Crippen molar-refractivity contribution in [1.82, 2.24) is 4.90 Å². The number of aliphatic carboxylic acids is 1. The molecule has 0 radical (unpaired) electrons. The summed E-state index contributed by atoms with van der Waals surface area (Å²) in [6, 6.07) is 4.34. The summed E-state index contributed by atoms with van der Waals surface area (Å²) in [6.45, 7) is 0.281. The second kappa shape index (κ2) is 7.16. The molecule has 3 rings (SSSR count). The fourth-order valence-electron chi connectivity index (χ4n) is 3.89. The molecule has 1 aromatic rings. The van der Waals surface area contributed by atoms with E-state index in [1.54, 1.807) is 12.1 Å². The van der Waals surface area contributed by atoms with Crippen molar-refractivity contribution in [3.63, 3.8) is 0 Å². The Bertz CT molecular complexity index is 535. The first-order valence-electron chi connectivity index (χ1n) is 7.49. The topological polar surface area (TPSA) is 40.5 Å². The van der Waals surface area contributed by atoms with Crippen LogP contribution in [-0.2, 0) is 11.3 Å². The van der Waals surface area contributed by atoms with Crippen LogP contribution < -0.4 is 0 Å². The molecular formula is C16H20Cl2FNO2. The number of fused-ring (bicyclic) bond motifs is 1. The van der Waals surface area contributed by atoms with Crippen LogP contribution in [-0.4, -0.2) is 28.1 Å². The van der Waals surface area contributed by atoms with Crippen molar-refractivity contribution in [2.75, 3.05) is 0 Å². The Labute approximate surface area is 140 Å². The molecule has 3 unspecified atom stereocenters. The van der Waals surface area contributed by atoms with Crippen molar-refractivity contribution in [2.45, 2.75) is 50.7 Å². The number of nitrogens with zero attached hydrogens (tertiary/aromatic N) is 1. The summed E-state index contributed by atoms with van der Waals surface area (Å²) in [6.07, 6.45) is 5.04. The first kappa shape index (κ1) is 17.5. The second-order valence-corrected chi connectivity index (χ2v) is 6.48. The Morgan fingerprint density at radius 3 is 2.77 bits per heavy atom. The Morgan fingerprint density at radius 2 is 2.09 bits per heavy atom. The number of halogens is 3. The van der Waals surface area contributed by atoms with Gasteiger partial charge < -0.3 is 5.11 Å². The molecule has 1 N–H and O–H groups in total. The van der Waals surface area contributed by atoms with Crippen LogP contribution in [0.5, 0.6) is 0 Å². The lowest BCUT2D eigenvalue weighted by Crippen LogP contribution is -2.41. The monoisotopic (exact) mass is 347 g/mol. The van der Waals surface area contributed by atoms with E-state index < -0.39 is 12.0 Å². The molecule has 1 heterocycles. The minimum atomic E-state index is -0.808. The molecule has 1 aromatic carbocycles. The fraction of sp³-hybridized carbons (Fsp3) is 0.562. The van der Waals surface area contributed by atoms with Gasteiger partial charge in [0.05, 0.1) is 0 Å². The zero-order valence-electron chi connectivity index (χ0n) is 12.2. The number of likely N-dealkylation sites (tertiary alicyclic amines) is 1. The highest BCUT2D eigenvalue weighted by Crippen LogP contribution is 2.41. The van der Waals surface area contributed by atoms with Gasteiger partial charge in [0.2, 0.25) is 0 Å². The third-order valence-electron chi connectivity index (χ3n) is 4.91. The number of hydrogen-bond donors (Lipinski definition) is 1. The molecule has 1 aliphatic heterocycles. The van der Waals surface area contributed by atoms with E-state index in [-0.39, 0.29) is 30.8 Å². The van der Waals surface area contributed by atoms with Crippen molar-refractivity contribution < 1.29 is 14.3 Å². The van der Waals surface area contributed by atoms with Gasteiger partial charge in [0, 0.05) is 23.2 Å². The normalized spacial score (nSPS) is 28.0. The van der Waals surface area contributed by atoms with Crippen molar-refractivity contribution in [3.05, 3.63) is 34.6 Å². The van der Waals surface area contributed by atoms with E-state index in [0.29, 0.717) is 22.9 Å². The van der Waals surface area contributed by atoms with Crippen LogP contribution in [0.25, 0.3) is 0 Å². The van der Waals surface area contributed by atoms with Crippen LogP contribution in [0, 0.1) is 11.7 Å². The molecule has 6 heteroatoms. The summed E-state index contributed by atoms with van der Waals surface area (Å²) < 4.78 is 14.0. The summed E-state index contributed by atoms with van der Waals surface area (Å²) in [5.74, 6) is -0.742. The predicted octanol–water partition coefficient (Wildman–Crippen LogP) is 4.12.